The third-order valence-corrected chi connectivity index (χ3v) is 4.80. The summed E-state index contributed by atoms with van der Waals surface area (Å²) in [6.45, 7) is 5.61. The number of nitrogens with one attached hydrogen (secondary N) is 2. The van der Waals surface area contributed by atoms with Crippen LogP contribution in [0.25, 0.3) is 11.3 Å². The average molecular weight is 447 g/mol. The molecule has 0 fully saturated rings. The molecule has 0 saturated carbocycles. The number of urea groups is 1. The van der Waals surface area contributed by atoms with Crippen LogP contribution in [0.1, 0.15) is 31.5 Å². The van der Waals surface area contributed by atoms with Crippen molar-refractivity contribution in [2.45, 2.75) is 26.9 Å². The van der Waals surface area contributed by atoms with Crippen molar-refractivity contribution in [1.29, 1.82) is 0 Å². The number of fused-ring (bicyclic) bond motifs is 2. The summed E-state index contributed by atoms with van der Waals surface area (Å²) in [5.74, 6) is -0.122. The Morgan fingerprint density at radius 1 is 1.26 bits per heavy atom. The maximum atomic E-state index is 14.3. The zero-order chi connectivity index (χ0) is 22.3. The molecule has 4 aromatic rings. The minimum atomic E-state index is -0.604. The molecule has 0 spiro atoms. The van der Waals surface area contributed by atoms with Gasteiger partial charge < -0.3 is 15.4 Å². The van der Waals surface area contributed by atoms with Crippen LogP contribution in [0, 0.1) is 18.7 Å². The van der Waals surface area contributed by atoms with Gasteiger partial charge in [-0.25, -0.2) is 28.2 Å². The summed E-state index contributed by atoms with van der Waals surface area (Å²) in [6, 6.07) is 2.18. The van der Waals surface area contributed by atoms with Crippen LogP contribution in [-0.4, -0.2) is 42.3 Å². The van der Waals surface area contributed by atoms with Gasteiger partial charge in [0, 0.05) is 19.2 Å². The van der Waals surface area contributed by atoms with E-state index in [0.29, 0.717) is 22.9 Å². The summed E-state index contributed by atoms with van der Waals surface area (Å²) in [4.78, 5) is 21.0. The van der Waals surface area contributed by atoms with E-state index in [-0.39, 0.29) is 22.4 Å². The van der Waals surface area contributed by atoms with Gasteiger partial charge in [-0.1, -0.05) is 25.4 Å². The number of aromatic nitrogens is 6. The van der Waals surface area contributed by atoms with Crippen LogP contribution in [0.4, 0.5) is 20.6 Å². The number of anilines is 2. The lowest BCUT2D eigenvalue weighted by Crippen LogP contribution is -2.24. The molecule has 31 heavy (non-hydrogen) atoms. The first-order chi connectivity index (χ1) is 14.8. The molecular formula is C19H20ClFN8O2. The maximum absolute atomic E-state index is 14.3. The topological polar surface area (TPSA) is 111 Å². The van der Waals surface area contributed by atoms with E-state index in [1.807, 2.05) is 13.8 Å². The Hall–Kier alpha value is -3.31. The standard InChI is InChI=1S/C19H20ClFN8O2/c1-9(2)17(31-4)16-13(7-22-15-6-14(20)27-29(15)16)25-19(30)24-11-5-12(21)18-23-10(3)26-28(18)8-11/h5-9,17H,1-4H3,(H2,24,25,30). The Labute approximate surface area is 181 Å². The van der Waals surface area contributed by atoms with Crippen LogP contribution < -0.4 is 10.6 Å². The van der Waals surface area contributed by atoms with Crippen molar-refractivity contribution >= 4 is 40.3 Å². The highest BCUT2D eigenvalue weighted by molar-refractivity contribution is 6.29. The highest BCUT2D eigenvalue weighted by atomic mass is 35.5. The van der Waals surface area contributed by atoms with E-state index >= 15 is 0 Å². The first-order valence-corrected chi connectivity index (χ1v) is 9.82. The molecule has 1 atom stereocenters. The third-order valence-electron chi connectivity index (χ3n) is 4.62. The first-order valence-electron chi connectivity index (χ1n) is 9.44. The predicted octanol–water partition coefficient (Wildman–Crippen LogP) is 3.86. The second kappa shape index (κ2) is 8.08. The summed E-state index contributed by atoms with van der Waals surface area (Å²) in [5.41, 5.74) is 1.76. The molecule has 0 bridgehead atoms. The molecule has 0 aliphatic carbocycles. The van der Waals surface area contributed by atoms with Gasteiger partial charge >= 0.3 is 6.03 Å². The van der Waals surface area contributed by atoms with Crippen molar-refractivity contribution in [3.05, 3.63) is 47.0 Å². The van der Waals surface area contributed by atoms with Crippen molar-refractivity contribution in [3.63, 3.8) is 0 Å². The zero-order valence-electron chi connectivity index (χ0n) is 17.2. The van der Waals surface area contributed by atoms with Gasteiger partial charge in [-0.3, -0.25) is 0 Å². The van der Waals surface area contributed by atoms with Crippen molar-refractivity contribution in [1.82, 2.24) is 29.2 Å². The number of amides is 2. The number of nitrogens with zero attached hydrogens (tertiary/aromatic N) is 6. The van der Waals surface area contributed by atoms with E-state index in [2.05, 4.69) is 30.8 Å². The zero-order valence-corrected chi connectivity index (χ0v) is 18.0. The fraction of sp³-hybridized carbons (Fsp3) is 0.316. The van der Waals surface area contributed by atoms with Crippen LogP contribution in [0.5, 0.6) is 0 Å². The van der Waals surface area contributed by atoms with Gasteiger partial charge in [0.2, 0.25) is 0 Å². The molecule has 0 aliphatic heterocycles. The molecule has 0 radical (unpaired) electrons. The van der Waals surface area contributed by atoms with Gasteiger partial charge in [0.25, 0.3) is 0 Å². The lowest BCUT2D eigenvalue weighted by Gasteiger charge is -2.23. The van der Waals surface area contributed by atoms with E-state index < -0.39 is 18.0 Å². The molecule has 0 aromatic carbocycles. The van der Waals surface area contributed by atoms with Crippen LogP contribution >= 0.6 is 11.6 Å². The van der Waals surface area contributed by atoms with Gasteiger partial charge in [0.1, 0.15) is 11.9 Å². The van der Waals surface area contributed by atoms with Crippen LogP contribution in [-0.2, 0) is 4.74 Å². The number of ether oxygens (including phenoxy) is 1. The quantitative estimate of drug-likeness (QED) is 0.481. The summed E-state index contributed by atoms with van der Waals surface area (Å²) in [6.07, 6.45) is 2.57. The van der Waals surface area contributed by atoms with Gasteiger partial charge in [-0.15, -0.1) is 0 Å². The molecule has 4 heterocycles. The number of hydrogen-bond acceptors (Lipinski definition) is 6. The fourth-order valence-electron chi connectivity index (χ4n) is 3.40. The lowest BCUT2D eigenvalue weighted by atomic mass is 10.0. The van der Waals surface area contributed by atoms with E-state index in [9.17, 15) is 9.18 Å². The molecule has 4 aromatic heterocycles. The second-order valence-corrected chi connectivity index (χ2v) is 7.66. The predicted molar refractivity (Wildman–Crippen MR) is 113 cm³/mol. The van der Waals surface area contributed by atoms with Gasteiger partial charge in [0.15, 0.2) is 22.3 Å². The largest absolute Gasteiger partial charge is 0.375 e. The highest BCUT2D eigenvalue weighted by Crippen LogP contribution is 2.31. The highest BCUT2D eigenvalue weighted by Gasteiger charge is 2.25. The molecule has 2 amide bonds. The fourth-order valence-corrected chi connectivity index (χ4v) is 3.57. The number of pyridine rings is 1. The Bertz CT molecular complexity index is 1290. The Morgan fingerprint density at radius 2 is 2.03 bits per heavy atom. The molecule has 162 valence electrons. The number of rotatable bonds is 5. The Morgan fingerprint density at radius 3 is 2.74 bits per heavy atom. The Balaban J connectivity index is 1.67. The number of aryl methyl sites for hydroxylation is 1. The molecule has 4 rings (SSSR count). The van der Waals surface area contributed by atoms with Crippen LogP contribution in [0.2, 0.25) is 5.15 Å². The first kappa shape index (κ1) is 20.9. The van der Waals surface area contributed by atoms with Crippen molar-refractivity contribution < 1.29 is 13.9 Å². The molecule has 12 heteroatoms. The normalized spacial score (nSPS) is 12.6. The number of carbonyl (C=O) groups excluding carboxylic acids is 1. The maximum Gasteiger partial charge on any atom is 0.323 e. The van der Waals surface area contributed by atoms with Crippen molar-refractivity contribution in [3.8, 4) is 0 Å². The molecule has 1 unspecified atom stereocenters. The van der Waals surface area contributed by atoms with Crippen LogP contribution in [0.3, 0.4) is 0 Å². The smallest absolute Gasteiger partial charge is 0.323 e. The molecular weight excluding hydrogens is 427 g/mol. The van der Waals surface area contributed by atoms with Gasteiger partial charge in [0.05, 0.1) is 29.5 Å². The average Bonchev–Trinajstić information content (AvgIpc) is 3.25. The summed E-state index contributed by atoms with van der Waals surface area (Å²) in [5, 5.41) is 13.9. The Kier molecular flexibility index (Phi) is 5.46. The van der Waals surface area contributed by atoms with Gasteiger partial charge in [-0.05, 0) is 12.8 Å². The summed E-state index contributed by atoms with van der Waals surface area (Å²) >= 11 is 6.05. The van der Waals surface area contributed by atoms with E-state index in [0.717, 1.165) is 0 Å². The van der Waals surface area contributed by atoms with E-state index in [1.165, 1.54) is 27.5 Å². The van der Waals surface area contributed by atoms with Crippen molar-refractivity contribution in [2.75, 3.05) is 17.7 Å². The summed E-state index contributed by atoms with van der Waals surface area (Å²) in [7, 11) is 1.57. The molecule has 10 nitrogen and oxygen atoms in total. The number of halogens is 2. The monoisotopic (exact) mass is 446 g/mol. The number of carbonyl (C=O) groups is 1. The number of hydrogen-bond donors (Lipinski definition) is 2. The van der Waals surface area contributed by atoms with Gasteiger partial charge in [-0.2, -0.15) is 10.2 Å². The minimum absolute atomic E-state index is 0.0641. The SMILES string of the molecule is COC(c1c(NC(=O)Nc2cc(F)c3nc(C)nn3c2)cnc2cc(Cl)nn12)C(C)C. The molecule has 0 aliphatic rings. The van der Waals surface area contributed by atoms with Crippen LogP contribution in [0.15, 0.2) is 24.5 Å². The molecule has 2 N–H and O–H groups in total. The summed E-state index contributed by atoms with van der Waals surface area (Å²) < 4.78 is 22.7. The lowest BCUT2D eigenvalue weighted by molar-refractivity contribution is 0.0600. The molecule has 0 saturated heterocycles. The van der Waals surface area contributed by atoms with E-state index in [1.54, 1.807) is 20.1 Å². The van der Waals surface area contributed by atoms with Crippen molar-refractivity contribution in [2.24, 2.45) is 5.92 Å². The number of methoxy groups -OCH3 is 1. The second-order valence-electron chi connectivity index (χ2n) is 7.28. The minimum Gasteiger partial charge on any atom is -0.375 e. The third kappa shape index (κ3) is 4.01. The van der Waals surface area contributed by atoms with E-state index in [4.69, 9.17) is 16.3 Å².